The van der Waals surface area contributed by atoms with Crippen LogP contribution in [0.15, 0.2) is 18.5 Å². The molecule has 0 unspecified atom stereocenters. The number of likely N-dealkylation sites (tertiary alicyclic amines) is 1. The van der Waals surface area contributed by atoms with Crippen LogP contribution < -0.4 is 0 Å². The number of rotatable bonds is 1. The van der Waals surface area contributed by atoms with Gasteiger partial charge in [0.05, 0.1) is 16.7 Å². The molecule has 1 aliphatic rings. The average Bonchev–Trinajstić information content (AvgIpc) is 2.65. The lowest BCUT2D eigenvalue weighted by Gasteiger charge is -2.15. The molecule has 0 bridgehead atoms. The summed E-state index contributed by atoms with van der Waals surface area (Å²) >= 11 is 5.88. The molecule has 5 heteroatoms. The molecule has 1 N–H and O–H groups in total. The van der Waals surface area contributed by atoms with Crippen LogP contribution in [0.5, 0.6) is 0 Å². The number of amides is 1. The lowest BCUT2D eigenvalue weighted by Crippen LogP contribution is -2.29. The first kappa shape index (κ1) is 10.4. The van der Waals surface area contributed by atoms with Crippen LogP contribution in [0.2, 0.25) is 5.02 Å². The molecule has 1 aromatic rings. The van der Waals surface area contributed by atoms with Crippen LogP contribution in [0.3, 0.4) is 0 Å². The number of β-amino-alcohol motifs (C(OH)–C–C–N with tert-alkyl or cyclic N) is 1. The first-order valence-electron chi connectivity index (χ1n) is 4.75. The highest BCUT2D eigenvalue weighted by Crippen LogP contribution is 2.18. The predicted molar refractivity (Wildman–Crippen MR) is 55.8 cm³/mol. The van der Waals surface area contributed by atoms with E-state index in [1.807, 2.05) is 0 Å². The number of carbonyl (C=O) groups excluding carboxylic acids is 1. The minimum absolute atomic E-state index is 0.162. The van der Waals surface area contributed by atoms with E-state index >= 15 is 0 Å². The molecule has 2 rings (SSSR count). The number of hydrogen-bond donors (Lipinski definition) is 1. The fraction of sp³-hybridized carbons (Fsp3) is 0.400. The normalized spacial score (nSPS) is 20.7. The number of aliphatic hydroxyl groups excluding tert-OH is 1. The Kier molecular flexibility index (Phi) is 2.88. The van der Waals surface area contributed by atoms with E-state index in [0.29, 0.717) is 30.1 Å². The molecule has 1 aliphatic heterocycles. The molecular weight excluding hydrogens is 216 g/mol. The lowest BCUT2D eigenvalue weighted by molar-refractivity contribution is 0.0764. The number of aliphatic hydroxyl groups is 1. The van der Waals surface area contributed by atoms with Crippen molar-refractivity contribution in [3.05, 3.63) is 29.0 Å². The van der Waals surface area contributed by atoms with E-state index in [9.17, 15) is 9.90 Å². The van der Waals surface area contributed by atoms with Gasteiger partial charge in [-0.15, -0.1) is 0 Å². The molecule has 4 nitrogen and oxygen atoms in total. The monoisotopic (exact) mass is 226 g/mol. The Hall–Kier alpha value is -1.13. The van der Waals surface area contributed by atoms with Crippen molar-refractivity contribution in [2.75, 3.05) is 13.1 Å². The smallest absolute Gasteiger partial charge is 0.257 e. The maximum Gasteiger partial charge on any atom is 0.257 e. The summed E-state index contributed by atoms with van der Waals surface area (Å²) in [5.41, 5.74) is 0.397. The fourth-order valence-electron chi connectivity index (χ4n) is 1.63. The zero-order valence-corrected chi connectivity index (χ0v) is 8.81. The summed E-state index contributed by atoms with van der Waals surface area (Å²) in [7, 11) is 0. The third-order valence-electron chi connectivity index (χ3n) is 2.45. The van der Waals surface area contributed by atoms with Crippen LogP contribution >= 0.6 is 11.6 Å². The second kappa shape index (κ2) is 4.16. The van der Waals surface area contributed by atoms with E-state index in [0.717, 1.165) is 0 Å². The summed E-state index contributed by atoms with van der Waals surface area (Å²) in [6, 6.07) is 1.58. The molecule has 1 atom stereocenters. The van der Waals surface area contributed by atoms with Gasteiger partial charge in [0.2, 0.25) is 0 Å². The molecule has 15 heavy (non-hydrogen) atoms. The highest BCUT2D eigenvalue weighted by Gasteiger charge is 2.26. The molecule has 0 saturated carbocycles. The molecule has 0 aromatic carbocycles. The van der Waals surface area contributed by atoms with E-state index in [-0.39, 0.29) is 5.91 Å². The Morgan fingerprint density at radius 2 is 2.47 bits per heavy atom. The van der Waals surface area contributed by atoms with Crippen molar-refractivity contribution in [2.24, 2.45) is 0 Å². The van der Waals surface area contributed by atoms with Crippen molar-refractivity contribution in [3.63, 3.8) is 0 Å². The largest absolute Gasteiger partial charge is 0.391 e. The van der Waals surface area contributed by atoms with Crippen molar-refractivity contribution in [1.29, 1.82) is 0 Å². The molecule has 80 valence electrons. The third kappa shape index (κ3) is 2.11. The number of pyridine rings is 1. The summed E-state index contributed by atoms with van der Waals surface area (Å²) in [5, 5.41) is 9.72. The quantitative estimate of drug-likeness (QED) is 0.776. The zero-order chi connectivity index (χ0) is 10.8. The van der Waals surface area contributed by atoms with Gasteiger partial charge in [-0.05, 0) is 12.5 Å². The first-order valence-corrected chi connectivity index (χ1v) is 5.13. The SMILES string of the molecule is O=C(c1cnccc1Cl)N1CC[C@H](O)C1. The highest BCUT2D eigenvalue weighted by atomic mass is 35.5. The molecule has 1 amide bonds. The Bertz CT molecular complexity index is 383. The Labute approximate surface area is 92.5 Å². The van der Waals surface area contributed by atoms with Gasteiger partial charge in [0.1, 0.15) is 0 Å². The van der Waals surface area contributed by atoms with Gasteiger partial charge in [-0.25, -0.2) is 0 Å². The van der Waals surface area contributed by atoms with Gasteiger partial charge in [-0.3, -0.25) is 9.78 Å². The molecular formula is C10H11ClN2O2. The second-order valence-electron chi connectivity index (χ2n) is 3.55. The van der Waals surface area contributed by atoms with E-state index in [4.69, 9.17) is 11.6 Å². The Morgan fingerprint density at radius 1 is 1.67 bits per heavy atom. The third-order valence-corrected chi connectivity index (χ3v) is 2.78. The topological polar surface area (TPSA) is 53.4 Å². The van der Waals surface area contributed by atoms with Gasteiger partial charge in [-0.1, -0.05) is 11.6 Å². The number of halogens is 1. The molecule has 0 aliphatic carbocycles. The van der Waals surface area contributed by atoms with Gasteiger partial charge in [-0.2, -0.15) is 0 Å². The molecule has 1 fully saturated rings. The fourth-order valence-corrected chi connectivity index (χ4v) is 1.82. The summed E-state index contributed by atoms with van der Waals surface area (Å²) < 4.78 is 0. The van der Waals surface area contributed by atoms with Crippen LogP contribution in [0.1, 0.15) is 16.8 Å². The van der Waals surface area contributed by atoms with Crippen LogP contribution in [-0.2, 0) is 0 Å². The van der Waals surface area contributed by atoms with Crippen LogP contribution in [0.25, 0.3) is 0 Å². The standard InChI is InChI=1S/C10H11ClN2O2/c11-9-1-3-12-5-8(9)10(15)13-4-2-7(14)6-13/h1,3,5,7,14H,2,4,6H2/t7-/m0/s1. The lowest BCUT2D eigenvalue weighted by atomic mass is 10.2. The number of hydrogen-bond acceptors (Lipinski definition) is 3. The zero-order valence-electron chi connectivity index (χ0n) is 8.06. The number of nitrogens with zero attached hydrogens (tertiary/aromatic N) is 2. The van der Waals surface area contributed by atoms with Crippen molar-refractivity contribution in [3.8, 4) is 0 Å². The average molecular weight is 227 g/mol. The van der Waals surface area contributed by atoms with Gasteiger partial charge >= 0.3 is 0 Å². The second-order valence-corrected chi connectivity index (χ2v) is 3.96. The van der Waals surface area contributed by atoms with Gasteiger partial charge in [0, 0.05) is 25.5 Å². The molecule has 0 radical (unpaired) electrons. The van der Waals surface area contributed by atoms with E-state index < -0.39 is 6.10 Å². The maximum absolute atomic E-state index is 11.9. The molecule has 0 spiro atoms. The molecule has 1 aromatic heterocycles. The van der Waals surface area contributed by atoms with Crippen LogP contribution in [0.4, 0.5) is 0 Å². The van der Waals surface area contributed by atoms with Crippen molar-refractivity contribution in [2.45, 2.75) is 12.5 Å². The van der Waals surface area contributed by atoms with Crippen LogP contribution in [-0.4, -0.2) is 40.1 Å². The van der Waals surface area contributed by atoms with Crippen molar-refractivity contribution in [1.82, 2.24) is 9.88 Å². The maximum atomic E-state index is 11.9. The minimum Gasteiger partial charge on any atom is -0.391 e. The number of aromatic nitrogens is 1. The first-order chi connectivity index (χ1) is 7.18. The summed E-state index contributed by atoms with van der Waals surface area (Å²) in [6.45, 7) is 0.954. The van der Waals surface area contributed by atoms with Gasteiger partial charge in [0.25, 0.3) is 5.91 Å². The van der Waals surface area contributed by atoms with E-state index in [2.05, 4.69) is 4.98 Å². The Balaban J connectivity index is 2.18. The molecule has 1 saturated heterocycles. The summed E-state index contributed by atoms with van der Waals surface area (Å²) in [5.74, 6) is -0.162. The van der Waals surface area contributed by atoms with Crippen molar-refractivity contribution >= 4 is 17.5 Å². The minimum atomic E-state index is -0.413. The summed E-state index contributed by atoms with van der Waals surface area (Å²) in [6.07, 6.45) is 3.21. The van der Waals surface area contributed by atoms with Crippen LogP contribution in [0, 0.1) is 0 Å². The van der Waals surface area contributed by atoms with Crippen molar-refractivity contribution < 1.29 is 9.90 Å². The molecule has 2 heterocycles. The van der Waals surface area contributed by atoms with Gasteiger partial charge in [0.15, 0.2) is 0 Å². The summed E-state index contributed by atoms with van der Waals surface area (Å²) in [4.78, 5) is 17.4. The predicted octanol–water partition coefficient (Wildman–Crippen LogP) is 0.942. The Morgan fingerprint density at radius 3 is 3.07 bits per heavy atom. The van der Waals surface area contributed by atoms with Gasteiger partial charge < -0.3 is 10.0 Å². The number of carbonyl (C=O) groups is 1. The van der Waals surface area contributed by atoms with E-state index in [1.54, 1.807) is 11.0 Å². The highest BCUT2D eigenvalue weighted by molar-refractivity contribution is 6.33. The van der Waals surface area contributed by atoms with E-state index in [1.165, 1.54) is 12.4 Å².